The van der Waals surface area contributed by atoms with Crippen molar-refractivity contribution in [3.05, 3.63) is 59.2 Å². The van der Waals surface area contributed by atoms with E-state index in [4.69, 9.17) is 4.74 Å². The molecular weight excluding hydrogens is 352 g/mol. The van der Waals surface area contributed by atoms with Gasteiger partial charge in [-0.2, -0.15) is 0 Å². The number of nitrogens with zero attached hydrogens (tertiary/aromatic N) is 2. The quantitative estimate of drug-likeness (QED) is 0.821. The molecule has 2 heterocycles. The SMILES string of the molecule is CCc1ccc(N2CC(C(=O)N3CCc4ccc(OC)cc4C3)CC2=O)cc1. The van der Waals surface area contributed by atoms with E-state index >= 15 is 0 Å². The Morgan fingerprint density at radius 1 is 1.14 bits per heavy atom. The zero-order valence-electron chi connectivity index (χ0n) is 16.5. The van der Waals surface area contributed by atoms with Crippen molar-refractivity contribution in [2.24, 2.45) is 5.92 Å². The smallest absolute Gasteiger partial charge is 0.228 e. The van der Waals surface area contributed by atoms with E-state index in [9.17, 15) is 9.59 Å². The van der Waals surface area contributed by atoms with E-state index < -0.39 is 0 Å². The normalized spacial score (nSPS) is 18.9. The first-order valence-electron chi connectivity index (χ1n) is 9.93. The van der Waals surface area contributed by atoms with Crippen molar-refractivity contribution in [3.8, 4) is 5.75 Å². The van der Waals surface area contributed by atoms with Gasteiger partial charge < -0.3 is 14.5 Å². The van der Waals surface area contributed by atoms with E-state index in [1.54, 1.807) is 12.0 Å². The zero-order chi connectivity index (χ0) is 19.7. The topological polar surface area (TPSA) is 49.9 Å². The maximum Gasteiger partial charge on any atom is 0.228 e. The van der Waals surface area contributed by atoms with Gasteiger partial charge in [0.2, 0.25) is 11.8 Å². The summed E-state index contributed by atoms with van der Waals surface area (Å²) >= 11 is 0. The summed E-state index contributed by atoms with van der Waals surface area (Å²) in [7, 11) is 1.65. The van der Waals surface area contributed by atoms with Crippen LogP contribution in [0.25, 0.3) is 0 Å². The van der Waals surface area contributed by atoms with Gasteiger partial charge in [-0.1, -0.05) is 25.1 Å². The lowest BCUT2D eigenvalue weighted by Gasteiger charge is -2.31. The van der Waals surface area contributed by atoms with Crippen molar-refractivity contribution in [3.63, 3.8) is 0 Å². The number of carbonyl (C=O) groups is 2. The molecule has 0 spiro atoms. The lowest BCUT2D eigenvalue weighted by Crippen LogP contribution is -2.40. The number of rotatable bonds is 4. The first kappa shape index (κ1) is 18.5. The number of anilines is 1. The molecule has 0 aliphatic carbocycles. The van der Waals surface area contributed by atoms with Crippen LogP contribution in [0.5, 0.6) is 5.75 Å². The zero-order valence-corrected chi connectivity index (χ0v) is 16.5. The first-order chi connectivity index (χ1) is 13.6. The van der Waals surface area contributed by atoms with Crippen LogP contribution in [0.15, 0.2) is 42.5 Å². The van der Waals surface area contributed by atoms with Gasteiger partial charge in [-0.05, 0) is 53.8 Å². The number of aryl methyl sites for hydroxylation is 1. The fraction of sp³-hybridized carbons (Fsp3) is 0.391. The Kier molecular flexibility index (Phi) is 5.07. The fourth-order valence-corrected chi connectivity index (χ4v) is 4.14. The molecular formula is C23H26N2O3. The maximum absolute atomic E-state index is 13.1. The lowest BCUT2D eigenvalue weighted by molar-refractivity contribution is -0.136. The molecule has 0 N–H and O–H groups in total. The number of ether oxygens (including phenoxy) is 1. The van der Waals surface area contributed by atoms with Crippen LogP contribution in [0.3, 0.4) is 0 Å². The van der Waals surface area contributed by atoms with E-state index in [1.165, 1.54) is 11.1 Å². The molecule has 1 unspecified atom stereocenters. The summed E-state index contributed by atoms with van der Waals surface area (Å²) in [6, 6.07) is 14.1. The number of methoxy groups -OCH3 is 1. The van der Waals surface area contributed by atoms with E-state index in [2.05, 4.69) is 13.0 Å². The van der Waals surface area contributed by atoms with Crippen LogP contribution in [0, 0.1) is 5.92 Å². The van der Waals surface area contributed by atoms with Gasteiger partial charge in [0.15, 0.2) is 0 Å². The minimum Gasteiger partial charge on any atom is -0.497 e. The molecule has 2 aliphatic rings. The molecule has 0 saturated carbocycles. The third kappa shape index (κ3) is 3.49. The Morgan fingerprint density at radius 2 is 1.93 bits per heavy atom. The molecule has 0 radical (unpaired) electrons. The van der Waals surface area contributed by atoms with Crippen LogP contribution in [-0.2, 0) is 29.0 Å². The van der Waals surface area contributed by atoms with Crippen molar-refractivity contribution in [1.82, 2.24) is 4.90 Å². The van der Waals surface area contributed by atoms with Gasteiger partial charge in [0, 0.05) is 31.7 Å². The number of fused-ring (bicyclic) bond motifs is 1. The monoisotopic (exact) mass is 378 g/mol. The molecule has 2 aromatic rings. The predicted molar refractivity (Wildman–Crippen MR) is 108 cm³/mol. The molecule has 28 heavy (non-hydrogen) atoms. The molecule has 2 aliphatic heterocycles. The minimum atomic E-state index is -0.273. The number of hydrogen-bond acceptors (Lipinski definition) is 3. The summed E-state index contributed by atoms with van der Waals surface area (Å²) < 4.78 is 5.31. The second kappa shape index (κ2) is 7.66. The summed E-state index contributed by atoms with van der Waals surface area (Å²) in [6.07, 6.45) is 2.10. The van der Waals surface area contributed by atoms with E-state index in [0.29, 0.717) is 19.6 Å². The second-order valence-electron chi connectivity index (χ2n) is 7.57. The molecule has 146 valence electrons. The summed E-state index contributed by atoms with van der Waals surface area (Å²) in [6.45, 7) is 3.86. The number of carbonyl (C=O) groups excluding carboxylic acids is 2. The molecule has 2 amide bonds. The van der Waals surface area contributed by atoms with Gasteiger partial charge in [0.1, 0.15) is 5.75 Å². The Balaban J connectivity index is 1.46. The molecule has 5 nitrogen and oxygen atoms in total. The number of amides is 2. The highest BCUT2D eigenvalue weighted by atomic mass is 16.5. The van der Waals surface area contributed by atoms with Crippen molar-refractivity contribution < 1.29 is 14.3 Å². The number of benzene rings is 2. The highest BCUT2D eigenvalue weighted by Gasteiger charge is 2.37. The van der Waals surface area contributed by atoms with Gasteiger partial charge in [-0.3, -0.25) is 9.59 Å². The van der Waals surface area contributed by atoms with Gasteiger partial charge >= 0.3 is 0 Å². The molecule has 4 rings (SSSR count). The molecule has 1 fully saturated rings. The Bertz CT molecular complexity index is 891. The minimum absolute atomic E-state index is 0.0293. The Morgan fingerprint density at radius 3 is 2.64 bits per heavy atom. The fourth-order valence-electron chi connectivity index (χ4n) is 4.14. The molecule has 1 saturated heterocycles. The van der Waals surface area contributed by atoms with E-state index in [1.807, 2.05) is 41.3 Å². The average molecular weight is 378 g/mol. The third-order valence-electron chi connectivity index (χ3n) is 5.87. The second-order valence-corrected chi connectivity index (χ2v) is 7.57. The lowest BCUT2D eigenvalue weighted by atomic mass is 9.97. The molecule has 0 aromatic heterocycles. The van der Waals surface area contributed by atoms with Crippen LogP contribution < -0.4 is 9.64 Å². The van der Waals surface area contributed by atoms with E-state index in [0.717, 1.165) is 29.8 Å². The van der Waals surface area contributed by atoms with Gasteiger partial charge in [-0.15, -0.1) is 0 Å². The van der Waals surface area contributed by atoms with Crippen molar-refractivity contribution >= 4 is 17.5 Å². The van der Waals surface area contributed by atoms with Crippen LogP contribution in [0.4, 0.5) is 5.69 Å². The summed E-state index contributed by atoms with van der Waals surface area (Å²) in [5.74, 6) is 0.646. The van der Waals surface area contributed by atoms with Crippen LogP contribution in [0.2, 0.25) is 0 Å². The highest BCUT2D eigenvalue weighted by Crippen LogP contribution is 2.29. The first-order valence-corrected chi connectivity index (χ1v) is 9.93. The molecule has 0 bridgehead atoms. The molecule has 5 heteroatoms. The van der Waals surface area contributed by atoms with E-state index in [-0.39, 0.29) is 24.2 Å². The Labute approximate surface area is 165 Å². The van der Waals surface area contributed by atoms with Crippen LogP contribution in [0.1, 0.15) is 30.0 Å². The highest BCUT2D eigenvalue weighted by molar-refractivity contribution is 6.00. The van der Waals surface area contributed by atoms with Crippen LogP contribution >= 0.6 is 0 Å². The van der Waals surface area contributed by atoms with Gasteiger partial charge in [0.05, 0.1) is 13.0 Å². The van der Waals surface area contributed by atoms with Gasteiger partial charge in [-0.25, -0.2) is 0 Å². The van der Waals surface area contributed by atoms with Gasteiger partial charge in [0.25, 0.3) is 0 Å². The number of hydrogen-bond donors (Lipinski definition) is 0. The summed E-state index contributed by atoms with van der Waals surface area (Å²) in [5.41, 5.74) is 4.52. The molecule has 2 aromatic carbocycles. The van der Waals surface area contributed by atoms with Crippen LogP contribution in [-0.4, -0.2) is 36.9 Å². The standard InChI is InChI=1S/C23H26N2O3/c1-3-16-4-7-20(8-5-16)25-15-19(13-22(25)26)23(27)24-11-10-17-6-9-21(28-2)12-18(17)14-24/h4-9,12,19H,3,10-11,13-15H2,1-2H3. The average Bonchev–Trinajstić information content (AvgIpc) is 3.14. The molecule has 1 atom stereocenters. The third-order valence-corrected chi connectivity index (χ3v) is 5.87. The van der Waals surface area contributed by atoms with Crippen molar-refractivity contribution in [1.29, 1.82) is 0 Å². The maximum atomic E-state index is 13.1. The van der Waals surface area contributed by atoms with Crippen molar-refractivity contribution in [2.75, 3.05) is 25.1 Å². The summed E-state index contributed by atoms with van der Waals surface area (Å²) in [4.78, 5) is 29.3. The van der Waals surface area contributed by atoms with Crippen molar-refractivity contribution in [2.45, 2.75) is 32.7 Å². The largest absolute Gasteiger partial charge is 0.497 e. The Hall–Kier alpha value is -2.82. The summed E-state index contributed by atoms with van der Waals surface area (Å²) in [5, 5.41) is 0. The predicted octanol–water partition coefficient (Wildman–Crippen LogP) is 3.20.